The highest BCUT2D eigenvalue weighted by Crippen LogP contribution is 2.28. The van der Waals surface area contributed by atoms with Crippen molar-refractivity contribution in [1.29, 1.82) is 0 Å². The molecule has 2 aromatic heterocycles. The van der Waals surface area contributed by atoms with Crippen LogP contribution in [0.25, 0.3) is 10.8 Å². The van der Waals surface area contributed by atoms with Crippen molar-refractivity contribution in [3.63, 3.8) is 0 Å². The first kappa shape index (κ1) is 16.8. The third-order valence-corrected chi connectivity index (χ3v) is 5.86. The Kier molecular flexibility index (Phi) is 4.87. The third kappa shape index (κ3) is 3.63. The summed E-state index contributed by atoms with van der Waals surface area (Å²) in [6.07, 6.45) is 4.33. The lowest BCUT2D eigenvalue weighted by Crippen LogP contribution is -2.50. The second kappa shape index (κ2) is 7.27. The van der Waals surface area contributed by atoms with Crippen molar-refractivity contribution in [2.24, 2.45) is 0 Å². The number of nitrogens with zero attached hydrogens (tertiary/aromatic N) is 3. The maximum absolute atomic E-state index is 12.9. The highest BCUT2D eigenvalue weighted by Gasteiger charge is 2.28. The van der Waals surface area contributed by atoms with Gasteiger partial charge in [0.05, 0.1) is 12.4 Å². The molecule has 134 valence electrons. The molecule has 0 radical (unpaired) electrons. The van der Waals surface area contributed by atoms with E-state index in [2.05, 4.69) is 9.88 Å². The second-order valence-electron chi connectivity index (χ2n) is 6.63. The van der Waals surface area contributed by atoms with Crippen LogP contribution in [0, 0.1) is 6.92 Å². The molecule has 7 heteroatoms. The highest BCUT2D eigenvalue weighted by atomic mass is 32.1. The molecule has 6 nitrogen and oxygen atoms in total. The molecule has 0 saturated carbocycles. The normalized spacial score (nSPS) is 21.8. The van der Waals surface area contributed by atoms with E-state index in [0.29, 0.717) is 17.6 Å². The summed E-state index contributed by atoms with van der Waals surface area (Å²) in [5.74, 6) is 0.747. The average molecular weight is 361 g/mol. The molecule has 0 spiro atoms. The number of aryl methyl sites for hydroxylation is 1. The number of carbonyl (C=O) groups is 1. The lowest BCUT2D eigenvalue weighted by atomic mass is 10.2. The van der Waals surface area contributed by atoms with Gasteiger partial charge in [-0.05, 0) is 31.9 Å². The zero-order valence-corrected chi connectivity index (χ0v) is 15.3. The maximum Gasteiger partial charge on any atom is 0.273 e. The highest BCUT2D eigenvalue weighted by molar-refractivity contribution is 7.15. The van der Waals surface area contributed by atoms with Gasteiger partial charge in [0.1, 0.15) is 5.69 Å². The molecule has 2 aromatic rings. The number of rotatable bonds is 4. The summed E-state index contributed by atoms with van der Waals surface area (Å²) < 4.78 is 11.1. The van der Waals surface area contributed by atoms with Crippen molar-refractivity contribution in [3.05, 3.63) is 29.0 Å². The Balaban J connectivity index is 1.37. The fourth-order valence-corrected chi connectivity index (χ4v) is 4.33. The molecule has 0 bridgehead atoms. The quantitative estimate of drug-likeness (QED) is 0.838. The van der Waals surface area contributed by atoms with Crippen LogP contribution in [0.4, 0.5) is 0 Å². The lowest BCUT2D eigenvalue weighted by Gasteiger charge is -2.35. The van der Waals surface area contributed by atoms with E-state index >= 15 is 0 Å². The van der Waals surface area contributed by atoms with Gasteiger partial charge in [0, 0.05) is 44.2 Å². The van der Waals surface area contributed by atoms with E-state index in [1.54, 1.807) is 6.26 Å². The van der Waals surface area contributed by atoms with Crippen molar-refractivity contribution < 1.29 is 13.9 Å². The lowest BCUT2D eigenvalue weighted by molar-refractivity contribution is 0.0430. The van der Waals surface area contributed by atoms with Crippen LogP contribution in [-0.4, -0.2) is 66.1 Å². The van der Waals surface area contributed by atoms with Gasteiger partial charge in [-0.2, -0.15) is 0 Å². The van der Waals surface area contributed by atoms with E-state index in [0.717, 1.165) is 55.6 Å². The zero-order chi connectivity index (χ0) is 17.2. The summed E-state index contributed by atoms with van der Waals surface area (Å²) in [5.41, 5.74) is 0.559. The van der Waals surface area contributed by atoms with Crippen molar-refractivity contribution in [1.82, 2.24) is 14.8 Å². The molecule has 0 aromatic carbocycles. The fraction of sp³-hybridized carbons (Fsp3) is 0.556. The first-order chi connectivity index (χ1) is 12.2. The minimum atomic E-state index is 0.0309. The summed E-state index contributed by atoms with van der Waals surface area (Å²) in [7, 11) is 0. The Bertz CT molecular complexity index is 714. The van der Waals surface area contributed by atoms with Crippen LogP contribution < -0.4 is 0 Å². The number of hydrogen-bond donors (Lipinski definition) is 0. The van der Waals surface area contributed by atoms with Gasteiger partial charge in [-0.25, -0.2) is 4.98 Å². The smallest absolute Gasteiger partial charge is 0.273 e. The second-order valence-corrected chi connectivity index (χ2v) is 7.83. The summed E-state index contributed by atoms with van der Waals surface area (Å²) in [6, 6.07) is 3.71. The third-order valence-electron chi connectivity index (χ3n) is 4.88. The number of amides is 1. The number of aromatic nitrogens is 1. The van der Waals surface area contributed by atoms with Crippen molar-refractivity contribution in [2.75, 3.05) is 39.3 Å². The number of carbonyl (C=O) groups excluding carboxylic acids is 1. The van der Waals surface area contributed by atoms with E-state index in [4.69, 9.17) is 9.15 Å². The van der Waals surface area contributed by atoms with Gasteiger partial charge in [-0.1, -0.05) is 0 Å². The predicted molar refractivity (Wildman–Crippen MR) is 95.9 cm³/mol. The molecule has 0 N–H and O–H groups in total. The van der Waals surface area contributed by atoms with Crippen molar-refractivity contribution >= 4 is 17.2 Å². The molecule has 4 rings (SSSR count). The molecule has 1 atom stereocenters. The van der Waals surface area contributed by atoms with Crippen LogP contribution >= 0.6 is 11.3 Å². The Labute approximate surface area is 151 Å². The minimum absolute atomic E-state index is 0.0309. The topological polar surface area (TPSA) is 58.8 Å². The molecule has 2 fully saturated rings. The van der Waals surface area contributed by atoms with Crippen molar-refractivity contribution in [3.8, 4) is 10.8 Å². The SMILES string of the molecule is Cc1sc(-c2ccco2)nc1C(=O)N1CCN(CC2CCCO2)CC1. The maximum atomic E-state index is 12.9. The number of ether oxygens (including phenoxy) is 1. The first-order valence-electron chi connectivity index (χ1n) is 8.85. The molecule has 2 aliphatic heterocycles. The predicted octanol–water partition coefficient (Wildman–Crippen LogP) is 2.65. The van der Waals surface area contributed by atoms with Crippen LogP contribution in [0.2, 0.25) is 0 Å². The van der Waals surface area contributed by atoms with Gasteiger partial charge in [0.15, 0.2) is 10.8 Å². The van der Waals surface area contributed by atoms with E-state index in [1.807, 2.05) is 24.0 Å². The fourth-order valence-electron chi connectivity index (χ4n) is 3.46. The Hall–Kier alpha value is -1.70. The molecular formula is C18H23N3O3S. The molecular weight excluding hydrogens is 338 g/mol. The van der Waals surface area contributed by atoms with E-state index < -0.39 is 0 Å². The van der Waals surface area contributed by atoms with Gasteiger partial charge in [0.25, 0.3) is 5.91 Å². The van der Waals surface area contributed by atoms with E-state index in [1.165, 1.54) is 17.8 Å². The summed E-state index contributed by atoms with van der Waals surface area (Å²) in [4.78, 5) is 22.6. The van der Waals surface area contributed by atoms with Crippen LogP contribution in [0.15, 0.2) is 22.8 Å². The Morgan fingerprint density at radius 1 is 1.36 bits per heavy atom. The largest absolute Gasteiger partial charge is 0.462 e. The Morgan fingerprint density at radius 3 is 2.88 bits per heavy atom. The summed E-state index contributed by atoms with van der Waals surface area (Å²) in [6.45, 7) is 7.13. The molecule has 4 heterocycles. The molecule has 1 amide bonds. The minimum Gasteiger partial charge on any atom is -0.462 e. The molecule has 2 saturated heterocycles. The molecule has 2 aliphatic rings. The molecule has 1 unspecified atom stereocenters. The monoisotopic (exact) mass is 361 g/mol. The van der Waals surface area contributed by atoms with Gasteiger partial charge in [0.2, 0.25) is 0 Å². The number of furan rings is 1. The number of piperazine rings is 1. The van der Waals surface area contributed by atoms with Gasteiger partial charge in [-0.15, -0.1) is 11.3 Å². The van der Waals surface area contributed by atoms with E-state index in [-0.39, 0.29) is 5.91 Å². The summed E-state index contributed by atoms with van der Waals surface area (Å²) >= 11 is 1.51. The van der Waals surface area contributed by atoms with Crippen LogP contribution in [0.5, 0.6) is 0 Å². The Morgan fingerprint density at radius 2 is 2.20 bits per heavy atom. The number of thiazole rings is 1. The van der Waals surface area contributed by atoms with Crippen LogP contribution in [-0.2, 0) is 4.74 Å². The molecule has 0 aliphatic carbocycles. The van der Waals surface area contributed by atoms with Crippen LogP contribution in [0.3, 0.4) is 0 Å². The van der Waals surface area contributed by atoms with Gasteiger partial charge >= 0.3 is 0 Å². The van der Waals surface area contributed by atoms with Crippen LogP contribution in [0.1, 0.15) is 28.2 Å². The first-order valence-corrected chi connectivity index (χ1v) is 9.67. The molecule has 25 heavy (non-hydrogen) atoms. The summed E-state index contributed by atoms with van der Waals surface area (Å²) in [5, 5.41) is 0.767. The van der Waals surface area contributed by atoms with Gasteiger partial charge in [-0.3, -0.25) is 9.69 Å². The van der Waals surface area contributed by atoms with Crippen molar-refractivity contribution in [2.45, 2.75) is 25.9 Å². The zero-order valence-electron chi connectivity index (χ0n) is 14.4. The number of hydrogen-bond acceptors (Lipinski definition) is 6. The standard InChI is InChI=1S/C18H23N3O3S/c1-13-16(19-17(25-13)15-5-3-11-24-15)18(22)21-8-6-20(7-9-21)12-14-4-2-10-23-14/h3,5,11,14H,2,4,6-10,12H2,1H3. The van der Waals surface area contributed by atoms with Gasteiger partial charge < -0.3 is 14.1 Å². The van der Waals surface area contributed by atoms with E-state index in [9.17, 15) is 4.79 Å². The average Bonchev–Trinajstić information content (AvgIpc) is 3.36.